The molecule has 0 spiro atoms. The Balaban J connectivity index is 1.49. The first kappa shape index (κ1) is 20.2. The van der Waals surface area contributed by atoms with E-state index in [-0.39, 0.29) is 17.4 Å². The van der Waals surface area contributed by atoms with Gasteiger partial charge in [0.2, 0.25) is 0 Å². The molecule has 1 heterocycles. The van der Waals surface area contributed by atoms with E-state index in [1.165, 1.54) is 23.9 Å². The third kappa shape index (κ3) is 3.92. The van der Waals surface area contributed by atoms with Crippen LogP contribution in [0.5, 0.6) is 0 Å². The van der Waals surface area contributed by atoms with Gasteiger partial charge in [-0.2, -0.15) is 0 Å². The molecule has 0 N–H and O–H groups in total. The highest BCUT2D eigenvalue weighted by molar-refractivity contribution is 7.99. The largest absolute Gasteiger partial charge is 0.293 e. The molecule has 156 valence electrons. The lowest BCUT2D eigenvalue weighted by Crippen LogP contribution is -2.05. The monoisotopic (exact) mass is 439 g/mol. The summed E-state index contributed by atoms with van der Waals surface area (Å²) in [5.41, 5.74) is 2.15. The average molecular weight is 440 g/mol. The summed E-state index contributed by atoms with van der Waals surface area (Å²) in [5, 5.41) is 11.2. The van der Waals surface area contributed by atoms with Crippen LogP contribution in [-0.2, 0) is 0 Å². The van der Waals surface area contributed by atoms with Crippen molar-refractivity contribution < 1.29 is 9.18 Å². The molecule has 1 aromatic heterocycles. The number of hydrogen-bond donors (Lipinski definition) is 0. The van der Waals surface area contributed by atoms with Crippen molar-refractivity contribution in [2.75, 3.05) is 5.75 Å². The first-order chi connectivity index (χ1) is 15.7. The van der Waals surface area contributed by atoms with E-state index in [1.54, 1.807) is 12.1 Å². The second-order valence-electron chi connectivity index (χ2n) is 7.23. The number of para-hydroxylation sites is 1. The zero-order valence-corrected chi connectivity index (χ0v) is 17.8. The van der Waals surface area contributed by atoms with Crippen molar-refractivity contribution in [2.45, 2.75) is 5.16 Å². The normalized spacial score (nSPS) is 11.0. The molecule has 4 aromatic carbocycles. The van der Waals surface area contributed by atoms with Crippen molar-refractivity contribution in [1.82, 2.24) is 14.8 Å². The number of benzene rings is 4. The van der Waals surface area contributed by atoms with Crippen LogP contribution in [0.1, 0.15) is 10.4 Å². The van der Waals surface area contributed by atoms with Gasteiger partial charge in [0.05, 0.1) is 5.75 Å². The molecule has 0 aliphatic carbocycles. The average Bonchev–Trinajstić information content (AvgIpc) is 3.27. The van der Waals surface area contributed by atoms with Gasteiger partial charge in [0, 0.05) is 16.8 Å². The summed E-state index contributed by atoms with van der Waals surface area (Å²) in [6, 6.07) is 29.5. The van der Waals surface area contributed by atoms with Gasteiger partial charge in [-0.1, -0.05) is 84.6 Å². The van der Waals surface area contributed by atoms with E-state index in [0.29, 0.717) is 22.1 Å². The number of rotatable bonds is 6. The van der Waals surface area contributed by atoms with Gasteiger partial charge in [0.1, 0.15) is 5.82 Å². The zero-order chi connectivity index (χ0) is 21.9. The van der Waals surface area contributed by atoms with Crippen LogP contribution in [0.4, 0.5) is 4.39 Å². The Bertz CT molecular complexity index is 1410. The van der Waals surface area contributed by atoms with Crippen LogP contribution in [0.2, 0.25) is 0 Å². The molecule has 0 atom stereocenters. The van der Waals surface area contributed by atoms with Gasteiger partial charge in [-0.3, -0.25) is 9.36 Å². The van der Waals surface area contributed by atoms with E-state index in [1.807, 2.05) is 77.4 Å². The Morgan fingerprint density at radius 2 is 1.59 bits per heavy atom. The lowest BCUT2D eigenvalue weighted by molar-refractivity contribution is 0.102. The summed E-state index contributed by atoms with van der Waals surface area (Å²) in [7, 11) is 0. The molecular weight excluding hydrogens is 421 g/mol. The van der Waals surface area contributed by atoms with Crippen molar-refractivity contribution in [1.29, 1.82) is 0 Å². The molecule has 0 bridgehead atoms. The summed E-state index contributed by atoms with van der Waals surface area (Å²) >= 11 is 1.32. The van der Waals surface area contributed by atoms with Crippen molar-refractivity contribution in [2.24, 2.45) is 0 Å². The van der Waals surface area contributed by atoms with E-state index in [9.17, 15) is 9.18 Å². The molecule has 0 saturated heterocycles. The fraction of sp³-hybridized carbons (Fsp3) is 0.0385. The Hall–Kier alpha value is -3.77. The molecule has 0 aliphatic rings. The molecule has 5 rings (SSSR count). The van der Waals surface area contributed by atoms with E-state index in [4.69, 9.17) is 0 Å². The highest BCUT2D eigenvalue weighted by atomic mass is 32.2. The van der Waals surface area contributed by atoms with Crippen molar-refractivity contribution in [3.05, 3.63) is 108 Å². The van der Waals surface area contributed by atoms with Crippen LogP contribution >= 0.6 is 11.8 Å². The highest BCUT2D eigenvalue weighted by Crippen LogP contribution is 2.29. The summed E-state index contributed by atoms with van der Waals surface area (Å²) < 4.78 is 15.7. The topological polar surface area (TPSA) is 47.8 Å². The molecule has 32 heavy (non-hydrogen) atoms. The fourth-order valence-electron chi connectivity index (χ4n) is 3.66. The smallest absolute Gasteiger partial charge is 0.196 e. The predicted octanol–water partition coefficient (Wildman–Crippen LogP) is 6.20. The molecule has 0 unspecified atom stereocenters. The fourth-order valence-corrected chi connectivity index (χ4v) is 4.50. The minimum atomic E-state index is -0.342. The number of carbonyl (C=O) groups excluding carboxylic acids is 1. The number of halogens is 1. The third-order valence-electron chi connectivity index (χ3n) is 5.15. The summed E-state index contributed by atoms with van der Waals surface area (Å²) in [5.74, 6) is 0.408. The third-order valence-corrected chi connectivity index (χ3v) is 6.08. The standard InChI is InChI=1S/C26H18FN3OS/c27-20-11-6-10-19(16-20)25-28-29-26(30(25)21-12-2-1-3-13-21)32-17-24(31)23-15-7-9-18-8-4-5-14-22(18)23/h1-16H,17H2. The number of Topliss-reactive ketones (excluding diaryl/α,β-unsaturated/α-hetero) is 1. The van der Waals surface area contributed by atoms with Crippen LogP contribution in [-0.4, -0.2) is 26.3 Å². The van der Waals surface area contributed by atoms with Crippen LogP contribution in [0, 0.1) is 5.82 Å². The highest BCUT2D eigenvalue weighted by Gasteiger charge is 2.18. The molecule has 4 nitrogen and oxygen atoms in total. The molecule has 0 amide bonds. The van der Waals surface area contributed by atoms with Gasteiger partial charge in [-0.25, -0.2) is 4.39 Å². The second kappa shape index (κ2) is 8.77. The first-order valence-corrected chi connectivity index (χ1v) is 11.1. The molecule has 6 heteroatoms. The summed E-state index contributed by atoms with van der Waals surface area (Å²) in [6.07, 6.45) is 0. The Labute approximate surface area is 188 Å². The number of hydrogen-bond acceptors (Lipinski definition) is 4. The SMILES string of the molecule is O=C(CSc1nnc(-c2cccc(F)c2)n1-c1ccccc1)c1cccc2ccccc12. The lowest BCUT2D eigenvalue weighted by Gasteiger charge is -2.10. The maximum Gasteiger partial charge on any atom is 0.196 e. The van der Waals surface area contributed by atoms with Gasteiger partial charge < -0.3 is 0 Å². The van der Waals surface area contributed by atoms with Gasteiger partial charge >= 0.3 is 0 Å². The molecule has 0 radical (unpaired) electrons. The number of thioether (sulfide) groups is 1. The number of ketones is 1. The predicted molar refractivity (Wildman–Crippen MR) is 126 cm³/mol. The van der Waals surface area contributed by atoms with Gasteiger partial charge in [-0.05, 0) is 35.0 Å². The van der Waals surface area contributed by atoms with Gasteiger partial charge in [-0.15, -0.1) is 10.2 Å². The molecule has 0 fully saturated rings. The summed E-state index contributed by atoms with van der Waals surface area (Å²) in [6.45, 7) is 0. The molecule has 0 saturated carbocycles. The second-order valence-corrected chi connectivity index (χ2v) is 8.17. The molecular formula is C26H18FN3OS. The maximum absolute atomic E-state index is 13.9. The molecule has 5 aromatic rings. The minimum Gasteiger partial charge on any atom is -0.293 e. The van der Waals surface area contributed by atoms with Gasteiger partial charge in [0.25, 0.3) is 0 Å². The van der Waals surface area contributed by atoms with E-state index in [2.05, 4.69) is 10.2 Å². The Morgan fingerprint density at radius 3 is 2.44 bits per heavy atom. The van der Waals surface area contributed by atoms with Crippen LogP contribution in [0.15, 0.2) is 102 Å². The number of carbonyl (C=O) groups is 1. The van der Waals surface area contributed by atoms with Crippen LogP contribution in [0.3, 0.4) is 0 Å². The molecule has 0 aliphatic heterocycles. The van der Waals surface area contributed by atoms with E-state index >= 15 is 0 Å². The quantitative estimate of drug-likeness (QED) is 0.233. The Morgan fingerprint density at radius 1 is 0.844 bits per heavy atom. The first-order valence-electron chi connectivity index (χ1n) is 10.1. The van der Waals surface area contributed by atoms with E-state index < -0.39 is 0 Å². The lowest BCUT2D eigenvalue weighted by atomic mass is 10.0. The van der Waals surface area contributed by atoms with Crippen molar-refractivity contribution in [3.63, 3.8) is 0 Å². The zero-order valence-electron chi connectivity index (χ0n) is 17.0. The maximum atomic E-state index is 13.9. The number of fused-ring (bicyclic) bond motifs is 1. The number of aromatic nitrogens is 3. The number of nitrogens with zero attached hydrogens (tertiary/aromatic N) is 3. The van der Waals surface area contributed by atoms with Crippen LogP contribution in [0.25, 0.3) is 27.8 Å². The van der Waals surface area contributed by atoms with E-state index in [0.717, 1.165) is 16.5 Å². The van der Waals surface area contributed by atoms with Crippen LogP contribution < -0.4 is 0 Å². The minimum absolute atomic E-state index is 0.0155. The van der Waals surface area contributed by atoms with Crippen molar-refractivity contribution >= 4 is 28.3 Å². The van der Waals surface area contributed by atoms with Crippen molar-refractivity contribution in [3.8, 4) is 17.1 Å². The summed E-state index contributed by atoms with van der Waals surface area (Å²) in [4.78, 5) is 13.1. The van der Waals surface area contributed by atoms with Gasteiger partial charge in [0.15, 0.2) is 16.8 Å². The Kier molecular flexibility index (Phi) is 5.52.